The molecule has 0 unspecified atom stereocenters. The minimum atomic E-state index is 0.412. The maximum atomic E-state index is 5.14. The van der Waals surface area contributed by atoms with Crippen molar-refractivity contribution in [2.24, 2.45) is 0 Å². The lowest BCUT2D eigenvalue weighted by molar-refractivity contribution is 0.177. The Kier molecular flexibility index (Phi) is 5.68. The van der Waals surface area contributed by atoms with Crippen LogP contribution in [0.25, 0.3) is 0 Å². The van der Waals surface area contributed by atoms with Crippen molar-refractivity contribution in [2.45, 2.75) is 39.8 Å². The molecule has 0 aliphatic heterocycles. The number of aryl methyl sites for hydroxylation is 1. The van der Waals surface area contributed by atoms with Gasteiger partial charge in [0.15, 0.2) is 5.82 Å². The van der Waals surface area contributed by atoms with Crippen molar-refractivity contribution in [3.63, 3.8) is 0 Å². The number of imidazole rings is 1. The van der Waals surface area contributed by atoms with Crippen molar-refractivity contribution < 1.29 is 4.74 Å². The number of hydrogen-bond acceptors (Lipinski definition) is 5. The Balaban J connectivity index is 2.23. The topological polar surface area (TPSA) is 64.9 Å². The highest BCUT2D eigenvalue weighted by Gasteiger charge is 2.09. The summed E-state index contributed by atoms with van der Waals surface area (Å²) in [5.41, 5.74) is 0.955. The van der Waals surface area contributed by atoms with Crippen molar-refractivity contribution in [3.05, 3.63) is 35.8 Å². The van der Waals surface area contributed by atoms with Gasteiger partial charge >= 0.3 is 0 Å². The summed E-state index contributed by atoms with van der Waals surface area (Å²) in [7, 11) is 1.65. The molecule has 0 saturated carbocycles. The molecule has 114 valence electrons. The van der Waals surface area contributed by atoms with E-state index in [0.717, 1.165) is 36.8 Å². The third-order valence-corrected chi connectivity index (χ3v) is 3.06. The molecule has 0 spiro atoms. The van der Waals surface area contributed by atoms with Crippen LogP contribution in [-0.2, 0) is 24.3 Å². The Morgan fingerprint density at radius 2 is 2.14 bits per heavy atom. The molecule has 2 aromatic rings. The predicted molar refractivity (Wildman–Crippen MR) is 82.2 cm³/mol. The van der Waals surface area contributed by atoms with Gasteiger partial charge in [0.1, 0.15) is 18.2 Å². The Hall–Kier alpha value is -1.95. The highest BCUT2D eigenvalue weighted by atomic mass is 16.5. The molecule has 0 bridgehead atoms. The molecule has 21 heavy (non-hydrogen) atoms. The van der Waals surface area contributed by atoms with Crippen LogP contribution < -0.4 is 5.32 Å². The van der Waals surface area contributed by atoms with Crippen LogP contribution in [0.1, 0.15) is 37.6 Å². The number of methoxy groups -OCH3 is 1. The van der Waals surface area contributed by atoms with Gasteiger partial charge in [0.2, 0.25) is 0 Å². The van der Waals surface area contributed by atoms with Gasteiger partial charge in [-0.2, -0.15) is 0 Å². The number of rotatable bonds is 8. The zero-order valence-electron chi connectivity index (χ0n) is 13.0. The molecular weight excluding hydrogens is 266 g/mol. The van der Waals surface area contributed by atoms with Gasteiger partial charge in [-0.1, -0.05) is 6.92 Å². The number of aromatic nitrogens is 4. The minimum absolute atomic E-state index is 0.412. The van der Waals surface area contributed by atoms with Gasteiger partial charge < -0.3 is 14.6 Å². The molecule has 0 fully saturated rings. The number of ether oxygens (including phenoxy) is 1. The summed E-state index contributed by atoms with van der Waals surface area (Å²) >= 11 is 0. The third kappa shape index (κ3) is 4.26. The summed E-state index contributed by atoms with van der Waals surface area (Å²) in [5.74, 6) is 2.56. The van der Waals surface area contributed by atoms with E-state index < -0.39 is 0 Å². The second-order valence-corrected chi connectivity index (χ2v) is 4.84. The second-order valence-electron chi connectivity index (χ2n) is 4.84. The molecule has 2 rings (SSSR count). The monoisotopic (exact) mass is 289 g/mol. The van der Waals surface area contributed by atoms with E-state index in [0.29, 0.717) is 18.9 Å². The lowest BCUT2D eigenvalue weighted by Gasteiger charge is -2.10. The molecule has 6 heteroatoms. The molecule has 0 aromatic carbocycles. The van der Waals surface area contributed by atoms with Gasteiger partial charge in [-0.05, 0) is 13.3 Å². The van der Waals surface area contributed by atoms with Crippen LogP contribution in [0.4, 0.5) is 5.82 Å². The molecule has 6 nitrogen and oxygen atoms in total. The van der Waals surface area contributed by atoms with E-state index in [9.17, 15) is 0 Å². The van der Waals surface area contributed by atoms with Crippen molar-refractivity contribution in [1.82, 2.24) is 19.5 Å². The molecule has 0 aliphatic carbocycles. The van der Waals surface area contributed by atoms with Gasteiger partial charge in [-0.3, -0.25) is 0 Å². The highest BCUT2D eigenvalue weighted by molar-refractivity contribution is 5.36. The van der Waals surface area contributed by atoms with E-state index in [4.69, 9.17) is 4.74 Å². The van der Waals surface area contributed by atoms with Gasteiger partial charge in [0.25, 0.3) is 0 Å². The fraction of sp³-hybridized carbons (Fsp3) is 0.533. The average Bonchev–Trinajstić information content (AvgIpc) is 2.87. The molecule has 0 atom stereocenters. The largest absolute Gasteiger partial charge is 0.377 e. The lowest BCUT2D eigenvalue weighted by Crippen LogP contribution is -2.09. The highest BCUT2D eigenvalue weighted by Crippen LogP contribution is 2.12. The molecule has 1 N–H and O–H groups in total. The number of hydrogen-bond donors (Lipinski definition) is 1. The Bertz CT molecular complexity index is 543. The molecule has 0 saturated heterocycles. The number of anilines is 1. The standard InChI is InChI=1S/C15H23N5O/c1-4-7-20-8-6-17-15(20)10-12-9-13(16-5-2)19-14(18-12)11-21-3/h6,8-9H,4-5,7,10-11H2,1-3H3,(H,16,18,19). The summed E-state index contributed by atoms with van der Waals surface area (Å²) < 4.78 is 7.31. The summed E-state index contributed by atoms with van der Waals surface area (Å²) in [6, 6.07) is 1.98. The summed E-state index contributed by atoms with van der Waals surface area (Å²) in [5, 5.41) is 3.23. The van der Waals surface area contributed by atoms with E-state index in [1.54, 1.807) is 7.11 Å². The quantitative estimate of drug-likeness (QED) is 0.807. The molecular formula is C15H23N5O. The van der Waals surface area contributed by atoms with Crippen LogP contribution in [0.2, 0.25) is 0 Å². The van der Waals surface area contributed by atoms with E-state index >= 15 is 0 Å². The average molecular weight is 289 g/mol. The van der Waals surface area contributed by atoms with Crippen molar-refractivity contribution in [2.75, 3.05) is 19.0 Å². The van der Waals surface area contributed by atoms with Gasteiger partial charge in [0.05, 0.1) is 5.69 Å². The number of nitrogens with zero attached hydrogens (tertiary/aromatic N) is 4. The Morgan fingerprint density at radius 1 is 1.29 bits per heavy atom. The maximum Gasteiger partial charge on any atom is 0.156 e. The van der Waals surface area contributed by atoms with E-state index in [-0.39, 0.29) is 0 Å². The third-order valence-electron chi connectivity index (χ3n) is 3.06. The van der Waals surface area contributed by atoms with Gasteiger partial charge in [-0.25, -0.2) is 15.0 Å². The maximum absolute atomic E-state index is 5.14. The van der Waals surface area contributed by atoms with Crippen molar-refractivity contribution in [1.29, 1.82) is 0 Å². The first-order valence-corrected chi connectivity index (χ1v) is 7.36. The molecule has 0 aliphatic rings. The first kappa shape index (κ1) is 15.4. The summed E-state index contributed by atoms with van der Waals surface area (Å²) in [6.07, 6.45) is 5.64. The van der Waals surface area contributed by atoms with E-state index in [1.165, 1.54) is 0 Å². The fourth-order valence-electron chi connectivity index (χ4n) is 2.22. The first-order chi connectivity index (χ1) is 10.3. The number of nitrogens with one attached hydrogen (secondary N) is 1. The van der Waals surface area contributed by atoms with Crippen LogP contribution >= 0.6 is 0 Å². The molecule has 2 heterocycles. The lowest BCUT2D eigenvalue weighted by atomic mass is 10.2. The molecule has 0 amide bonds. The predicted octanol–water partition coefficient (Wildman–Crippen LogP) is 2.25. The van der Waals surface area contributed by atoms with Crippen molar-refractivity contribution >= 4 is 5.82 Å². The zero-order valence-corrected chi connectivity index (χ0v) is 13.0. The molecule has 2 aromatic heterocycles. The summed E-state index contributed by atoms with van der Waals surface area (Å²) in [4.78, 5) is 13.4. The van der Waals surface area contributed by atoms with Crippen LogP contribution in [0.5, 0.6) is 0 Å². The Labute approximate surface area is 125 Å². The van der Waals surface area contributed by atoms with Crippen molar-refractivity contribution in [3.8, 4) is 0 Å². The fourth-order valence-corrected chi connectivity index (χ4v) is 2.22. The molecule has 0 radical (unpaired) electrons. The second kappa shape index (κ2) is 7.73. The van der Waals surface area contributed by atoms with Gasteiger partial charge in [0, 0.05) is 45.1 Å². The Morgan fingerprint density at radius 3 is 2.86 bits per heavy atom. The van der Waals surface area contributed by atoms with Crippen LogP contribution in [-0.4, -0.2) is 33.2 Å². The van der Waals surface area contributed by atoms with Gasteiger partial charge in [-0.15, -0.1) is 0 Å². The van der Waals surface area contributed by atoms with Crippen LogP contribution in [0.15, 0.2) is 18.5 Å². The first-order valence-electron chi connectivity index (χ1n) is 7.36. The zero-order chi connectivity index (χ0) is 15.1. The SMILES string of the molecule is CCCn1ccnc1Cc1cc(NCC)nc(COC)n1. The smallest absolute Gasteiger partial charge is 0.156 e. The van der Waals surface area contributed by atoms with E-state index in [1.807, 2.05) is 25.4 Å². The normalized spacial score (nSPS) is 10.8. The van der Waals surface area contributed by atoms with Crippen LogP contribution in [0.3, 0.4) is 0 Å². The van der Waals surface area contributed by atoms with E-state index in [2.05, 4.69) is 31.8 Å². The van der Waals surface area contributed by atoms with Crippen LogP contribution in [0, 0.1) is 0 Å². The summed E-state index contributed by atoms with van der Waals surface area (Å²) in [6.45, 7) is 6.43. The minimum Gasteiger partial charge on any atom is -0.377 e.